The van der Waals surface area contributed by atoms with Crippen LogP contribution in [0.15, 0.2) is 59.8 Å². The van der Waals surface area contributed by atoms with Crippen LogP contribution in [0.3, 0.4) is 0 Å². The molecule has 0 amide bonds. The molecule has 1 heterocycles. The predicted molar refractivity (Wildman–Crippen MR) is 94.3 cm³/mol. The number of allylic oxidation sites excluding steroid dienone is 4. The van der Waals surface area contributed by atoms with E-state index in [0.29, 0.717) is 0 Å². The van der Waals surface area contributed by atoms with Crippen molar-refractivity contribution in [2.45, 2.75) is 17.4 Å². The smallest absolute Gasteiger partial charge is 0.244 e. The van der Waals surface area contributed by atoms with E-state index in [2.05, 4.69) is 4.98 Å². The highest BCUT2D eigenvalue weighted by molar-refractivity contribution is 7.90. The van der Waals surface area contributed by atoms with Gasteiger partial charge in [0.2, 0.25) is 0 Å². The summed E-state index contributed by atoms with van der Waals surface area (Å²) in [5.74, 6) is -1.93. The van der Waals surface area contributed by atoms with E-state index in [4.69, 9.17) is 0 Å². The van der Waals surface area contributed by atoms with Gasteiger partial charge < -0.3 is 0 Å². The molecule has 10 heteroatoms. The molecule has 1 aromatic carbocycles. The van der Waals surface area contributed by atoms with Crippen molar-refractivity contribution in [2.75, 3.05) is 6.26 Å². The molecule has 0 saturated carbocycles. The molecule has 1 aromatic heterocycles. The van der Waals surface area contributed by atoms with E-state index >= 15 is 0 Å². The molecule has 154 valence electrons. The average Bonchev–Trinajstić information content (AvgIpc) is 3.06. The van der Waals surface area contributed by atoms with E-state index in [0.717, 1.165) is 54.9 Å². The number of alkyl halides is 6. The first-order valence-corrected chi connectivity index (χ1v) is 10.0. The van der Waals surface area contributed by atoms with Crippen LogP contribution in [0, 0.1) is 5.92 Å². The van der Waals surface area contributed by atoms with Crippen LogP contribution in [-0.2, 0) is 16.0 Å². The van der Waals surface area contributed by atoms with Gasteiger partial charge in [-0.25, -0.2) is 13.4 Å². The third-order valence-corrected chi connectivity index (χ3v) is 5.31. The molecule has 3 rings (SSSR count). The zero-order valence-electron chi connectivity index (χ0n) is 14.7. The van der Waals surface area contributed by atoms with Crippen LogP contribution in [0.25, 0.3) is 11.1 Å². The van der Waals surface area contributed by atoms with Crippen LogP contribution in [-0.4, -0.2) is 25.8 Å². The minimum Gasteiger partial charge on any atom is -0.244 e. The lowest BCUT2D eigenvalue weighted by Gasteiger charge is -2.12. The number of benzene rings is 1. The Bertz CT molecular complexity index is 1080. The van der Waals surface area contributed by atoms with Crippen LogP contribution in [0.2, 0.25) is 0 Å². The van der Waals surface area contributed by atoms with Gasteiger partial charge in [-0.05, 0) is 41.0 Å². The van der Waals surface area contributed by atoms with Gasteiger partial charge in [-0.15, -0.1) is 0 Å². The molecular weight excluding hydrogens is 420 g/mol. The Morgan fingerprint density at radius 2 is 1.34 bits per heavy atom. The van der Waals surface area contributed by atoms with Crippen LogP contribution in [0.4, 0.5) is 26.3 Å². The molecule has 1 aliphatic rings. The third kappa shape index (κ3) is 4.52. The molecule has 0 radical (unpaired) electrons. The first-order valence-electron chi connectivity index (χ1n) is 8.11. The first-order chi connectivity index (χ1) is 13.3. The molecule has 1 unspecified atom stereocenters. The maximum absolute atomic E-state index is 13.2. The van der Waals surface area contributed by atoms with Gasteiger partial charge in [0.25, 0.3) is 0 Å². The maximum atomic E-state index is 13.2. The second-order valence-electron chi connectivity index (χ2n) is 6.46. The van der Waals surface area contributed by atoms with Crippen molar-refractivity contribution in [3.05, 3.63) is 71.4 Å². The summed E-state index contributed by atoms with van der Waals surface area (Å²) in [4.78, 5) is 3.77. The van der Waals surface area contributed by atoms with E-state index in [1.807, 2.05) is 0 Å². The Balaban J connectivity index is 2.05. The van der Waals surface area contributed by atoms with Crippen LogP contribution >= 0.6 is 0 Å². The second-order valence-corrected chi connectivity index (χ2v) is 8.42. The molecule has 1 aliphatic carbocycles. The van der Waals surface area contributed by atoms with Crippen molar-refractivity contribution in [3.63, 3.8) is 0 Å². The summed E-state index contributed by atoms with van der Waals surface area (Å²) in [5.41, 5.74) is -0.329. The fraction of sp³-hybridized carbons (Fsp3) is 0.211. The van der Waals surface area contributed by atoms with Gasteiger partial charge in [0.1, 0.15) is 0 Å². The van der Waals surface area contributed by atoms with E-state index in [1.165, 1.54) is 6.07 Å². The highest BCUT2D eigenvalue weighted by atomic mass is 32.2. The fourth-order valence-electron chi connectivity index (χ4n) is 2.88. The lowest BCUT2D eigenvalue weighted by Crippen LogP contribution is -2.17. The van der Waals surface area contributed by atoms with Gasteiger partial charge in [-0.3, -0.25) is 0 Å². The summed E-state index contributed by atoms with van der Waals surface area (Å²) in [7, 11) is -3.59. The Kier molecular flexibility index (Phi) is 5.10. The summed E-state index contributed by atoms with van der Waals surface area (Å²) < 4.78 is 101. The molecule has 0 aliphatic heterocycles. The third-order valence-electron chi connectivity index (χ3n) is 4.31. The lowest BCUT2D eigenvalue weighted by molar-refractivity contribution is -0.148. The quantitative estimate of drug-likeness (QED) is 0.628. The summed E-state index contributed by atoms with van der Waals surface area (Å²) in [5, 5.41) is -0.243. The predicted octanol–water partition coefficient (Wildman–Crippen LogP) is 5.16. The van der Waals surface area contributed by atoms with Crippen molar-refractivity contribution in [1.29, 1.82) is 0 Å². The first kappa shape index (κ1) is 21.1. The van der Waals surface area contributed by atoms with Crippen molar-refractivity contribution in [3.8, 4) is 0 Å². The monoisotopic (exact) mass is 433 g/mol. The standard InChI is InChI=1S/C19H13F6NO2S/c1-29(27,28)17-7-4-12(10-26-17)16-9-14(19(23,24)25)8-15(16)11-2-5-13(6-3-11)18(20,21)22/h2-10,14H,1H3. The zero-order chi connectivity index (χ0) is 21.6. The highest BCUT2D eigenvalue weighted by Gasteiger charge is 2.40. The largest absolute Gasteiger partial charge is 0.416 e. The number of halogens is 6. The van der Waals surface area contributed by atoms with Crippen molar-refractivity contribution in [2.24, 2.45) is 5.92 Å². The SMILES string of the molecule is CS(=O)(=O)c1ccc(C2=CC(C(F)(F)F)C=C2c2ccc(C(F)(F)F)cc2)cn1. The number of hydrogen-bond donors (Lipinski definition) is 0. The molecule has 0 bridgehead atoms. The Morgan fingerprint density at radius 3 is 1.76 bits per heavy atom. The summed E-state index contributed by atoms with van der Waals surface area (Å²) in [6.07, 6.45) is -5.23. The second kappa shape index (κ2) is 7.01. The molecular formula is C19H13F6NO2S. The molecule has 3 nitrogen and oxygen atoms in total. The molecule has 0 fully saturated rings. The van der Waals surface area contributed by atoms with Crippen LogP contribution < -0.4 is 0 Å². The van der Waals surface area contributed by atoms with Crippen LogP contribution in [0.1, 0.15) is 16.7 Å². The number of aromatic nitrogens is 1. The average molecular weight is 433 g/mol. The van der Waals surface area contributed by atoms with Gasteiger partial charge in [0.05, 0.1) is 11.5 Å². The fourth-order valence-corrected chi connectivity index (χ4v) is 3.44. The minimum atomic E-state index is -4.58. The van der Waals surface area contributed by atoms with Gasteiger partial charge >= 0.3 is 12.4 Å². The Labute approximate surface area is 162 Å². The van der Waals surface area contributed by atoms with Gasteiger partial charge in [-0.2, -0.15) is 26.3 Å². The highest BCUT2D eigenvalue weighted by Crippen LogP contribution is 2.44. The van der Waals surface area contributed by atoms with Gasteiger partial charge in [-0.1, -0.05) is 24.3 Å². The van der Waals surface area contributed by atoms with E-state index in [9.17, 15) is 34.8 Å². The van der Waals surface area contributed by atoms with Gasteiger partial charge in [0, 0.05) is 18.0 Å². The molecule has 0 saturated heterocycles. The summed E-state index contributed by atoms with van der Waals surface area (Å²) in [6.45, 7) is 0. The summed E-state index contributed by atoms with van der Waals surface area (Å²) >= 11 is 0. The molecule has 29 heavy (non-hydrogen) atoms. The van der Waals surface area contributed by atoms with Crippen molar-refractivity contribution in [1.82, 2.24) is 4.98 Å². The zero-order valence-corrected chi connectivity index (χ0v) is 15.5. The van der Waals surface area contributed by atoms with E-state index in [-0.39, 0.29) is 27.3 Å². The number of hydrogen-bond acceptors (Lipinski definition) is 3. The molecule has 0 spiro atoms. The van der Waals surface area contributed by atoms with E-state index < -0.39 is 33.7 Å². The minimum absolute atomic E-state index is 0.0926. The Hall–Kier alpha value is -2.62. The maximum Gasteiger partial charge on any atom is 0.416 e. The molecule has 0 N–H and O–H groups in total. The normalized spacial score (nSPS) is 17.8. The number of rotatable bonds is 3. The topological polar surface area (TPSA) is 47.0 Å². The number of sulfone groups is 1. The lowest BCUT2D eigenvalue weighted by atomic mass is 9.95. The van der Waals surface area contributed by atoms with Crippen LogP contribution in [0.5, 0.6) is 0 Å². The van der Waals surface area contributed by atoms with Crippen molar-refractivity contribution >= 4 is 21.0 Å². The van der Waals surface area contributed by atoms with E-state index in [1.54, 1.807) is 0 Å². The number of nitrogens with zero attached hydrogens (tertiary/aromatic N) is 1. The van der Waals surface area contributed by atoms with Crippen molar-refractivity contribution < 1.29 is 34.8 Å². The summed E-state index contributed by atoms with van der Waals surface area (Å²) in [6, 6.07) is 6.25. The Morgan fingerprint density at radius 1 is 0.828 bits per heavy atom. The molecule has 1 atom stereocenters. The number of pyridine rings is 1. The molecule has 2 aromatic rings. The van der Waals surface area contributed by atoms with Gasteiger partial charge in [0.15, 0.2) is 14.9 Å².